The van der Waals surface area contributed by atoms with Gasteiger partial charge in [-0.2, -0.15) is 5.26 Å². The van der Waals surface area contributed by atoms with Crippen molar-refractivity contribution in [2.45, 2.75) is 43.9 Å². The van der Waals surface area contributed by atoms with Crippen LogP contribution in [-0.4, -0.2) is 42.8 Å². The van der Waals surface area contributed by atoms with E-state index in [0.717, 1.165) is 25.9 Å². The molecule has 0 aromatic carbocycles. The highest BCUT2D eigenvalue weighted by molar-refractivity contribution is 4.92. The van der Waals surface area contributed by atoms with Gasteiger partial charge in [-0.25, -0.2) is 0 Å². The van der Waals surface area contributed by atoms with Crippen LogP contribution in [0.4, 0.5) is 0 Å². The lowest BCUT2D eigenvalue weighted by atomic mass is 9.90. The summed E-state index contributed by atoms with van der Waals surface area (Å²) in [6.45, 7) is 2.40. The Morgan fingerprint density at radius 1 is 1.40 bits per heavy atom. The maximum Gasteiger partial charge on any atom is 0.156 e. The molecule has 1 aliphatic heterocycles. The summed E-state index contributed by atoms with van der Waals surface area (Å²) < 4.78 is 5.34. The topological polar surface area (TPSA) is 62.3 Å². The Morgan fingerprint density at radius 2 is 2.27 bits per heavy atom. The van der Waals surface area contributed by atoms with E-state index in [1.807, 2.05) is 0 Å². The smallest absolute Gasteiger partial charge is 0.156 e. The number of nitrogens with two attached hydrogens (primary N) is 1. The summed E-state index contributed by atoms with van der Waals surface area (Å²) in [4.78, 5) is 2.39. The quantitative estimate of drug-likeness (QED) is 0.682. The molecule has 4 nitrogen and oxygen atoms in total. The summed E-state index contributed by atoms with van der Waals surface area (Å²) in [6, 6.07) is 3.12. The molecular formula is C11H19N3O. The lowest BCUT2D eigenvalue weighted by Gasteiger charge is -2.39. The number of nitriles is 1. The molecule has 0 bridgehead atoms. The molecule has 3 unspecified atom stereocenters. The second-order valence-electron chi connectivity index (χ2n) is 4.56. The van der Waals surface area contributed by atoms with Gasteiger partial charge in [0.25, 0.3) is 0 Å². The van der Waals surface area contributed by atoms with Crippen LogP contribution in [0.3, 0.4) is 0 Å². The number of ether oxygens (including phenoxy) is 1. The predicted octanol–water partition coefficient (Wildman–Crippen LogP) is 0.481. The Kier molecular flexibility index (Phi) is 3.57. The van der Waals surface area contributed by atoms with Gasteiger partial charge >= 0.3 is 0 Å². The predicted molar refractivity (Wildman–Crippen MR) is 57.2 cm³/mol. The average molecular weight is 209 g/mol. The van der Waals surface area contributed by atoms with Gasteiger partial charge in [-0.15, -0.1) is 0 Å². The molecule has 2 N–H and O–H groups in total. The zero-order valence-corrected chi connectivity index (χ0v) is 9.06. The van der Waals surface area contributed by atoms with Crippen LogP contribution >= 0.6 is 0 Å². The third-order valence-electron chi connectivity index (χ3n) is 3.45. The van der Waals surface area contributed by atoms with Crippen LogP contribution in [0, 0.1) is 11.3 Å². The van der Waals surface area contributed by atoms with E-state index in [4.69, 9.17) is 15.7 Å². The van der Waals surface area contributed by atoms with Crippen LogP contribution in [0.5, 0.6) is 0 Å². The molecule has 1 aliphatic carbocycles. The summed E-state index contributed by atoms with van der Waals surface area (Å²) in [6.07, 6.45) is 4.45. The molecule has 84 valence electrons. The minimum atomic E-state index is -0.239. The van der Waals surface area contributed by atoms with Crippen LogP contribution in [0.2, 0.25) is 0 Å². The molecule has 2 aliphatic rings. The summed E-state index contributed by atoms with van der Waals surface area (Å²) in [5.74, 6) is 0. The Balaban J connectivity index is 1.89. The molecule has 0 spiro atoms. The van der Waals surface area contributed by atoms with Crippen molar-refractivity contribution in [2.75, 3.05) is 19.7 Å². The van der Waals surface area contributed by atoms with Gasteiger partial charge in [-0.3, -0.25) is 4.90 Å². The number of nitrogens with zero attached hydrogens (tertiary/aromatic N) is 2. The zero-order valence-electron chi connectivity index (χ0n) is 9.06. The van der Waals surface area contributed by atoms with Gasteiger partial charge in [0.1, 0.15) is 0 Å². The van der Waals surface area contributed by atoms with Gasteiger partial charge in [0.2, 0.25) is 0 Å². The van der Waals surface area contributed by atoms with E-state index >= 15 is 0 Å². The molecule has 0 amide bonds. The normalized spacial score (nSPS) is 38.5. The molecule has 2 rings (SSSR count). The number of rotatable bonds is 1. The number of hydrogen-bond donors (Lipinski definition) is 1. The fourth-order valence-corrected chi connectivity index (χ4v) is 2.61. The lowest BCUT2D eigenvalue weighted by molar-refractivity contribution is -0.0243. The van der Waals surface area contributed by atoms with E-state index in [1.54, 1.807) is 0 Å². The number of morpholine rings is 1. The molecule has 1 saturated heterocycles. The zero-order chi connectivity index (χ0) is 10.7. The van der Waals surface area contributed by atoms with E-state index in [9.17, 15) is 0 Å². The fraction of sp³-hybridized carbons (Fsp3) is 0.909. The van der Waals surface area contributed by atoms with E-state index in [0.29, 0.717) is 18.7 Å². The molecule has 4 heteroatoms. The largest absolute Gasteiger partial charge is 0.361 e. The van der Waals surface area contributed by atoms with Gasteiger partial charge in [-0.1, -0.05) is 6.42 Å². The molecule has 1 heterocycles. The van der Waals surface area contributed by atoms with Crippen LogP contribution in [0.1, 0.15) is 25.7 Å². The molecule has 1 saturated carbocycles. The minimum absolute atomic E-state index is 0.239. The van der Waals surface area contributed by atoms with Crippen LogP contribution in [0.25, 0.3) is 0 Å². The van der Waals surface area contributed by atoms with Crippen molar-refractivity contribution in [1.29, 1.82) is 5.26 Å². The molecule has 15 heavy (non-hydrogen) atoms. The number of hydrogen-bond acceptors (Lipinski definition) is 4. The standard InChI is InChI=1S/C11H19N3O/c12-7-11-8-14(4-5-15-11)10-3-1-2-9(13)6-10/h9-11H,1-6,8,13H2. The van der Waals surface area contributed by atoms with E-state index in [2.05, 4.69) is 11.0 Å². The van der Waals surface area contributed by atoms with Gasteiger partial charge in [0, 0.05) is 25.2 Å². The maximum atomic E-state index is 8.83. The second kappa shape index (κ2) is 4.93. The highest BCUT2D eigenvalue weighted by Gasteiger charge is 2.29. The minimum Gasteiger partial charge on any atom is -0.361 e. The van der Waals surface area contributed by atoms with E-state index in [-0.39, 0.29) is 6.10 Å². The van der Waals surface area contributed by atoms with Crippen molar-refractivity contribution in [2.24, 2.45) is 5.73 Å². The van der Waals surface area contributed by atoms with Crippen LogP contribution in [0.15, 0.2) is 0 Å². The van der Waals surface area contributed by atoms with Gasteiger partial charge in [-0.05, 0) is 19.3 Å². The van der Waals surface area contributed by atoms with Crippen molar-refractivity contribution >= 4 is 0 Å². The lowest BCUT2D eigenvalue weighted by Crippen LogP contribution is -2.50. The molecule has 0 radical (unpaired) electrons. The maximum absolute atomic E-state index is 8.83. The fourth-order valence-electron chi connectivity index (χ4n) is 2.61. The van der Waals surface area contributed by atoms with E-state index < -0.39 is 0 Å². The first-order valence-electron chi connectivity index (χ1n) is 5.80. The van der Waals surface area contributed by atoms with Gasteiger partial charge < -0.3 is 10.5 Å². The molecule has 0 aromatic rings. The summed E-state index contributed by atoms with van der Waals surface area (Å²) >= 11 is 0. The Labute approximate surface area is 91.0 Å². The van der Waals surface area contributed by atoms with Gasteiger partial charge in [0.05, 0.1) is 12.7 Å². The second-order valence-corrected chi connectivity index (χ2v) is 4.56. The van der Waals surface area contributed by atoms with E-state index in [1.165, 1.54) is 12.8 Å². The first-order valence-corrected chi connectivity index (χ1v) is 5.80. The molecule has 2 fully saturated rings. The molecular weight excluding hydrogens is 190 g/mol. The van der Waals surface area contributed by atoms with Crippen molar-refractivity contribution in [3.63, 3.8) is 0 Å². The first-order chi connectivity index (χ1) is 7.29. The van der Waals surface area contributed by atoms with Crippen LogP contribution in [-0.2, 0) is 4.74 Å². The highest BCUT2D eigenvalue weighted by atomic mass is 16.5. The first kappa shape index (κ1) is 10.9. The SMILES string of the molecule is N#CC1CN(C2CCCC(N)C2)CCO1. The summed E-state index contributed by atoms with van der Waals surface area (Å²) in [5, 5.41) is 8.83. The summed E-state index contributed by atoms with van der Waals surface area (Å²) in [5.41, 5.74) is 5.98. The Hall–Kier alpha value is -0.630. The van der Waals surface area contributed by atoms with Crippen molar-refractivity contribution in [1.82, 2.24) is 4.90 Å². The monoisotopic (exact) mass is 209 g/mol. The third-order valence-corrected chi connectivity index (χ3v) is 3.45. The summed E-state index contributed by atoms with van der Waals surface area (Å²) in [7, 11) is 0. The molecule has 3 atom stereocenters. The molecule has 0 aromatic heterocycles. The third kappa shape index (κ3) is 2.69. The highest BCUT2D eigenvalue weighted by Crippen LogP contribution is 2.23. The van der Waals surface area contributed by atoms with Crippen molar-refractivity contribution < 1.29 is 4.74 Å². The Morgan fingerprint density at radius 3 is 3.00 bits per heavy atom. The van der Waals surface area contributed by atoms with Crippen molar-refractivity contribution in [3.05, 3.63) is 0 Å². The van der Waals surface area contributed by atoms with Gasteiger partial charge in [0.15, 0.2) is 6.10 Å². The Bertz CT molecular complexity index is 251. The van der Waals surface area contributed by atoms with Crippen molar-refractivity contribution in [3.8, 4) is 6.07 Å². The van der Waals surface area contributed by atoms with Crippen LogP contribution < -0.4 is 5.73 Å². The average Bonchev–Trinajstić information content (AvgIpc) is 2.29.